The number of halogens is 1. The summed E-state index contributed by atoms with van der Waals surface area (Å²) in [6.45, 7) is 0. The summed E-state index contributed by atoms with van der Waals surface area (Å²) in [5, 5.41) is 7.57. The Kier molecular flexibility index (Phi) is 6.78. The molecule has 0 unspecified atom stereocenters. The molecule has 1 aromatic heterocycles. The number of rotatable bonds is 6. The summed E-state index contributed by atoms with van der Waals surface area (Å²) in [5.74, 6) is -0.659. The van der Waals surface area contributed by atoms with Crippen LogP contribution in [0.1, 0.15) is 11.1 Å². The zero-order valence-electron chi connectivity index (χ0n) is 19.8. The quantitative estimate of drug-likeness (QED) is 0.216. The van der Waals surface area contributed by atoms with Crippen LogP contribution < -0.4 is 20.0 Å². The molecule has 1 amide bonds. The molecule has 3 aromatic carbocycles. The third kappa shape index (κ3) is 5.12. The first-order valence-electron chi connectivity index (χ1n) is 11.4. The number of nitrogens with zero attached hydrogens (tertiary/aromatic N) is 2. The second-order valence-corrected chi connectivity index (χ2v) is 8.61. The molecular weight excluding hydrogens is 488 g/mol. The Labute approximate surface area is 218 Å². The van der Waals surface area contributed by atoms with Crippen molar-refractivity contribution < 1.29 is 18.9 Å². The highest BCUT2D eigenvalue weighted by molar-refractivity contribution is 6.59. The number of fused-ring (bicyclic) bond motifs is 1. The molecule has 182 valence electrons. The number of pyridine rings is 1. The van der Waals surface area contributed by atoms with Gasteiger partial charge in [0.1, 0.15) is 11.5 Å². The van der Waals surface area contributed by atoms with Gasteiger partial charge in [-0.2, -0.15) is 9.67 Å². The summed E-state index contributed by atoms with van der Waals surface area (Å²) in [7, 11) is 1.49. The van der Waals surface area contributed by atoms with Gasteiger partial charge in [0, 0.05) is 34.9 Å². The van der Waals surface area contributed by atoms with Crippen LogP contribution in [-0.2, 0) is 9.59 Å². The molecule has 4 aromatic rings. The Bertz CT molecular complexity index is 1550. The number of hydrazone groups is 1. The summed E-state index contributed by atoms with van der Waals surface area (Å²) in [6, 6.07) is 25.6. The first kappa shape index (κ1) is 24.0. The van der Waals surface area contributed by atoms with Gasteiger partial charge in [0.15, 0.2) is 12.4 Å². The third-order valence-corrected chi connectivity index (χ3v) is 6.04. The van der Waals surface area contributed by atoms with Gasteiger partial charge in [0.25, 0.3) is 5.91 Å². The largest absolute Gasteiger partial charge is 0.495 e. The number of carbonyl (C=O) groups is 2. The maximum Gasteiger partial charge on any atom is 0.259 e. The average molecular weight is 510 g/mol. The number of anilines is 2. The normalized spacial score (nSPS) is 13.5. The molecule has 0 saturated carbocycles. The zero-order chi connectivity index (χ0) is 25.8. The summed E-state index contributed by atoms with van der Waals surface area (Å²) in [6.07, 6.45) is 5.48. The molecule has 37 heavy (non-hydrogen) atoms. The minimum Gasteiger partial charge on any atom is -0.495 e. The van der Waals surface area contributed by atoms with E-state index in [0.717, 1.165) is 5.69 Å². The van der Waals surface area contributed by atoms with Crippen molar-refractivity contribution in [1.82, 2.24) is 0 Å². The van der Waals surface area contributed by atoms with Crippen molar-refractivity contribution in [3.63, 3.8) is 0 Å². The van der Waals surface area contributed by atoms with Crippen molar-refractivity contribution in [2.45, 2.75) is 0 Å². The van der Waals surface area contributed by atoms with Crippen LogP contribution in [0.3, 0.4) is 0 Å². The second-order valence-electron chi connectivity index (χ2n) is 8.17. The van der Waals surface area contributed by atoms with Crippen LogP contribution in [0.4, 0.5) is 11.4 Å². The van der Waals surface area contributed by atoms with Crippen molar-refractivity contribution >= 4 is 46.5 Å². The smallest absolute Gasteiger partial charge is 0.259 e. The van der Waals surface area contributed by atoms with Crippen molar-refractivity contribution in [3.8, 4) is 11.4 Å². The third-order valence-electron chi connectivity index (χ3n) is 5.81. The highest BCUT2D eigenvalue weighted by Gasteiger charge is 2.30. The fourth-order valence-electron chi connectivity index (χ4n) is 3.96. The maximum absolute atomic E-state index is 13.4. The number of hydrogen-bond donors (Lipinski definition) is 2. The molecule has 0 atom stereocenters. The fraction of sp³-hybridized carbons (Fsp3) is 0.0345. The summed E-state index contributed by atoms with van der Waals surface area (Å²) < 4.78 is 7.29. The van der Waals surface area contributed by atoms with E-state index >= 15 is 0 Å². The number of ether oxygens (including phenoxy) is 1. The Hall–Kier alpha value is -4.75. The number of benzene rings is 3. The van der Waals surface area contributed by atoms with Crippen molar-refractivity contribution in [1.29, 1.82) is 0 Å². The number of carbonyl (C=O) groups excluding carboxylic acids is 2. The predicted octanol–water partition coefficient (Wildman–Crippen LogP) is 5.05. The van der Waals surface area contributed by atoms with Crippen molar-refractivity contribution in [3.05, 3.63) is 119 Å². The van der Waals surface area contributed by atoms with Crippen LogP contribution in [0, 0.1) is 0 Å². The van der Waals surface area contributed by atoms with E-state index in [1.165, 1.54) is 7.11 Å². The average Bonchev–Trinajstić information content (AvgIpc) is 2.93. The summed E-state index contributed by atoms with van der Waals surface area (Å²) >= 11 is 6.09. The molecule has 8 heteroatoms. The second kappa shape index (κ2) is 10.5. The fourth-order valence-corrected chi connectivity index (χ4v) is 4.13. The first-order valence-corrected chi connectivity index (χ1v) is 11.8. The predicted molar refractivity (Wildman–Crippen MR) is 144 cm³/mol. The van der Waals surface area contributed by atoms with E-state index in [-0.39, 0.29) is 11.3 Å². The Morgan fingerprint density at radius 3 is 2.46 bits per heavy atom. The molecular formula is C29H22ClN4O3+. The van der Waals surface area contributed by atoms with E-state index in [2.05, 4.69) is 15.8 Å². The maximum atomic E-state index is 13.4. The molecule has 0 spiro atoms. The lowest BCUT2D eigenvalue weighted by Gasteiger charge is -2.18. The molecule has 1 heterocycles. The number of aromatic nitrogens is 1. The van der Waals surface area contributed by atoms with Crippen LogP contribution in [-0.4, -0.2) is 24.5 Å². The number of methoxy groups -OCH3 is 1. The number of ketones is 1. The van der Waals surface area contributed by atoms with E-state index in [4.69, 9.17) is 16.3 Å². The molecule has 0 fully saturated rings. The molecule has 0 radical (unpaired) electrons. The molecule has 0 aliphatic heterocycles. The lowest BCUT2D eigenvalue weighted by Crippen LogP contribution is -2.30. The van der Waals surface area contributed by atoms with Gasteiger partial charge in [0.2, 0.25) is 11.5 Å². The number of Topliss-reactive ketones (excluding diaryl/α,β-unsaturated/α-hetero) is 1. The Morgan fingerprint density at radius 2 is 1.70 bits per heavy atom. The molecule has 0 saturated heterocycles. The van der Waals surface area contributed by atoms with E-state index in [1.54, 1.807) is 30.3 Å². The lowest BCUT2D eigenvalue weighted by atomic mass is 9.89. The highest BCUT2D eigenvalue weighted by atomic mass is 35.5. The summed E-state index contributed by atoms with van der Waals surface area (Å²) in [4.78, 5) is 26.6. The zero-order valence-corrected chi connectivity index (χ0v) is 20.6. The molecule has 5 rings (SSSR count). The molecule has 7 nitrogen and oxygen atoms in total. The molecule has 0 bridgehead atoms. The van der Waals surface area contributed by atoms with Crippen LogP contribution in [0.15, 0.2) is 108 Å². The van der Waals surface area contributed by atoms with Crippen LogP contribution in [0.2, 0.25) is 5.02 Å². The van der Waals surface area contributed by atoms with Gasteiger partial charge in [-0.3, -0.25) is 15.0 Å². The van der Waals surface area contributed by atoms with Gasteiger partial charge < -0.3 is 10.1 Å². The number of nitrogens with one attached hydrogen (secondary N) is 2. The van der Waals surface area contributed by atoms with Gasteiger partial charge in [-0.1, -0.05) is 41.9 Å². The first-order chi connectivity index (χ1) is 18.0. The van der Waals surface area contributed by atoms with Crippen LogP contribution in [0.25, 0.3) is 11.8 Å². The van der Waals surface area contributed by atoms with Gasteiger partial charge in [-0.05, 0) is 42.0 Å². The summed E-state index contributed by atoms with van der Waals surface area (Å²) in [5.41, 5.74) is 6.44. The number of hydrogen-bond acceptors (Lipinski definition) is 5. The van der Waals surface area contributed by atoms with Crippen molar-refractivity contribution in [2.75, 3.05) is 17.9 Å². The molecule has 1 aliphatic rings. The minimum atomic E-state index is -0.586. The number of amides is 1. The van der Waals surface area contributed by atoms with Gasteiger partial charge in [-0.25, -0.2) is 0 Å². The minimum absolute atomic E-state index is 0.0443. The van der Waals surface area contributed by atoms with Crippen LogP contribution in [0.5, 0.6) is 5.75 Å². The SMILES string of the molecule is COc1ccc(Cl)cc1NC(=O)C1=Cc2ccccc2/C(=N\Nc2ccc(-[n+]3ccccc3)cc2)C1=O. The standard InChI is InChI=1S/C29H21ClN4O3/c1-37-26-14-9-20(30)18-25(26)31-29(36)24-17-19-7-3-4-8-23(19)27(28(24)35)33-32-21-10-12-22(13-11-21)34-15-5-2-6-16-34/h2-18H,1H3,(H-,31,32,35,36)/p+1. The van der Waals surface area contributed by atoms with E-state index in [9.17, 15) is 9.59 Å². The van der Waals surface area contributed by atoms with E-state index in [1.807, 2.05) is 77.6 Å². The highest BCUT2D eigenvalue weighted by Crippen LogP contribution is 2.29. The Balaban J connectivity index is 1.42. The van der Waals surface area contributed by atoms with E-state index in [0.29, 0.717) is 33.3 Å². The monoisotopic (exact) mass is 509 g/mol. The Morgan fingerprint density at radius 1 is 0.946 bits per heavy atom. The van der Waals surface area contributed by atoms with Gasteiger partial charge >= 0.3 is 0 Å². The van der Waals surface area contributed by atoms with Crippen molar-refractivity contribution in [2.24, 2.45) is 5.10 Å². The topological polar surface area (TPSA) is 83.7 Å². The van der Waals surface area contributed by atoms with Gasteiger partial charge in [0.05, 0.1) is 24.1 Å². The molecule has 1 aliphatic carbocycles. The van der Waals surface area contributed by atoms with Gasteiger partial charge in [-0.15, -0.1) is 0 Å². The van der Waals surface area contributed by atoms with E-state index < -0.39 is 11.7 Å². The van der Waals surface area contributed by atoms with Crippen LogP contribution >= 0.6 is 11.6 Å². The molecule has 2 N–H and O–H groups in total. The lowest BCUT2D eigenvalue weighted by molar-refractivity contribution is -0.595.